The van der Waals surface area contributed by atoms with Crippen molar-refractivity contribution in [2.45, 2.75) is 69.1 Å². The number of carbonyl (C=O) groups excluding carboxylic acids is 1. The van der Waals surface area contributed by atoms with Crippen LogP contribution in [-0.4, -0.2) is 47.5 Å². The highest BCUT2D eigenvalue weighted by Crippen LogP contribution is 2.55. The van der Waals surface area contributed by atoms with E-state index in [-0.39, 0.29) is 39.6 Å². The summed E-state index contributed by atoms with van der Waals surface area (Å²) in [5, 5.41) is 35.7. The van der Waals surface area contributed by atoms with Gasteiger partial charge in [0.15, 0.2) is 0 Å². The highest BCUT2D eigenvalue weighted by molar-refractivity contribution is 6.31. The first-order chi connectivity index (χ1) is 18.5. The highest BCUT2D eigenvalue weighted by atomic mass is 35.5. The van der Waals surface area contributed by atoms with Gasteiger partial charge >= 0.3 is 0 Å². The minimum absolute atomic E-state index is 0.0215. The summed E-state index contributed by atoms with van der Waals surface area (Å²) in [6.07, 6.45) is 1.59. The van der Waals surface area contributed by atoms with Crippen LogP contribution >= 0.6 is 23.2 Å². The maximum Gasteiger partial charge on any atom is 0.237 e. The first-order valence-corrected chi connectivity index (χ1v) is 13.8. The third kappa shape index (κ3) is 5.79. The molecule has 0 spiro atoms. The number of nitriles is 1. The molecule has 0 aromatic heterocycles. The van der Waals surface area contributed by atoms with Gasteiger partial charge in [0.25, 0.3) is 0 Å². The van der Waals surface area contributed by atoms with Crippen LogP contribution in [0.2, 0.25) is 10.0 Å². The van der Waals surface area contributed by atoms with Crippen LogP contribution in [0.4, 0.5) is 8.78 Å². The van der Waals surface area contributed by atoms with E-state index < -0.39 is 53.7 Å². The molecule has 2 aliphatic rings. The van der Waals surface area contributed by atoms with Crippen LogP contribution in [0.5, 0.6) is 0 Å². The molecule has 39 heavy (non-hydrogen) atoms. The smallest absolute Gasteiger partial charge is 0.237 e. The van der Waals surface area contributed by atoms with Crippen molar-refractivity contribution in [3.8, 4) is 6.07 Å². The van der Waals surface area contributed by atoms with Crippen LogP contribution in [-0.2, 0) is 10.2 Å². The van der Waals surface area contributed by atoms with Crippen molar-refractivity contribution < 1.29 is 23.8 Å². The summed E-state index contributed by atoms with van der Waals surface area (Å²) < 4.78 is 31.4. The number of aliphatic hydroxyl groups excluding tert-OH is 2. The molecule has 2 aromatic carbocycles. The van der Waals surface area contributed by atoms with E-state index in [4.69, 9.17) is 28.3 Å². The van der Waals surface area contributed by atoms with E-state index in [1.54, 1.807) is 0 Å². The van der Waals surface area contributed by atoms with Crippen molar-refractivity contribution in [3.63, 3.8) is 0 Å². The van der Waals surface area contributed by atoms with Crippen LogP contribution in [0.1, 0.15) is 56.6 Å². The standard InChI is InChI=1S/C29H33Cl2F2N3O3/c1-28(2,16-6-7-16)13-23-29(15-34,20-9-8-17(30)12-22(20)32)24(19-4-3-5-21(31)25(19)33)26(36-23)27(39)35-11-10-18(38)14-37/h3-5,8-9,12,16,18,23-24,26,36-38H,6-7,10-11,13-14H2,1-2H3,(H,35,39)/t18-,23+,24+,26-,29+/m0/s1. The second-order valence-corrected chi connectivity index (χ2v) is 12.1. The maximum atomic E-state index is 15.7. The van der Waals surface area contributed by atoms with Gasteiger partial charge < -0.3 is 20.8 Å². The Morgan fingerprint density at radius 1 is 1.28 bits per heavy atom. The van der Waals surface area contributed by atoms with E-state index in [1.807, 2.05) is 0 Å². The second-order valence-electron chi connectivity index (χ2n) is 11.3. The Morgan fingerprint density at radius 3 is 2.62 bits per heavy atom. The molecule has 1 saturated carbocycles. The molecule has 10 heteroatoms. The molecule has 0 bridgehead atoms. The Balaban J connectivity index is 1.89. The van der Waals surface area contributed by atoms with Gasteiger partial charge in [-0.05, 0) is 60.8 Å². The van der Waals surface area contributed by atoms with Gasteiger partial charge in [0.05, 0.1) is 29.8 Å². The SMILES string of the molecule is CC(C)(C[C@H]1N[C@H](C(=O)NCC[C@H](O)CO)[C@@H](c2cccc(Cl)c2F)[C@]1(C#N)c1ccc(Cl)cc1F)C1CC1. The fraction of sp³-hybridized carbons (Fsp3) is 0.517. The van der Waals surface area contributed by atoms with Gasteiger partial charge in [-0.2, -0.15) is 5.26 Å². The van der Waals surface area contributed by atoms with E-state index >= 15 is 8.78 Å². The van der Waals surface area contributed by atoms with E-state index in [9.17, 15) is 15.2 Å². The molecule has 0 radical (unpaired) electrons. The normalized spacial score (nSPS) is 25.8. The zero-order valence-corrected chi connectivity index (χ0v) is 23.4. The zero-order chi connectivity index (χ0) is 28.5. The van der Waals surface area contributed by atoms with Gasteiger partial charge in [-0.1, -0.05) is 55.2 Å². The van der Waals surface area contributed by atoms with Gasteiger partial charge in [-0.15, -0.1) is 0 Å². The lowest BCUT2D eigenvalue weighted by molar-refractivity contribution is -0.123. The Bertz CT molecular complexity index is 1270. The average Bonchev–Trinajstić information content (AvgIpc) is 3.70. The quantitative estimate of drug-likeness (QED) is 0.322. The number of hydrogen-bond acceptors (Lipinski definition) is 5. The van der Waals surface area contributed by atoms with Gasteiger partial charge in [0.2, 0.25) is 5.91 Å². The van der Waals surface area contributed by atoms with Gasteiger partial charge in [-0.3, -0.25) is 4.79 Å². The molecule has 6 nitrogen and oxygen atoms in total. The third-order valence-electron chi connectivity index (χ3n) is 8.32. The van der Waals surface area contributed by atoms with Crippen molar-refractivity contribution in [3.05, 3.63) is 69.2 Å². The molecule has 1 saturated heterocycles. The second kappa shape index (κ2) is 11.7. The van der Waals surface area contributed by atoms with Crippen LogP contribution in [0.25, 0.3) is 0 Å². The number of carbonyl (C=O) groups is 1. The fourth-order valence-electron chi connectivity index (χ4n) is 6.07. The lowest BCUT2D eigenvalue weighted by Crippen LogP contribution is -2.46. The molecule has 5 atom stereocenters. The van der Waals surface area contributed by atoms with Crippen molar-refractivity contribution in [2.75, 3.05) is 13.2 Å². The predicted molar refractivity (Wildman–Crippen MR) is 145 cm³/mol. The van der Waals surface area contributed by atoms with Crippen LogP contribution in [0.3, 0.4) is 0 Å². The summed E-state index contributed by atoms with van der Waals surface area (Å²) >= 11 is 12.2. The van der Waals surface area contributed by atoms with Crippen molar-refractivity contribution >= 4 is 29.1 Å². The minimum atomic E-state index is -1.70. The van der Waals surface area contributed by atoms with E-state index in [0.29, 0.717) is 12.3 Å². The number of nitrogens with one attached hydrogen (secondary N) is 2. The molecule has 1 aliphatic heterocycles. The lowest BCUT2D eigenvalue weighted by atomic mass is 9.62. The number of aliphatic hydroxyl groups is 2. The minimum Gasteiger partial charge on any atom is -0.394 e. The number of halogens is 4. The summed E-state index contributed by atoms with van der Waals surface area (Å²) in [6, 6.07) is 8.91. The summed E-state index contributed by atoms with van der Waals surface area (Å²) in [4.78, 5) is 13.6. The van der Waals surface area contributed by atoms with Crippen molar-refractivity contribution in [1.29, 1.82) is 5.26 Å². The summed E-state index contributed by atoms with van der Waals surface area (Å²) in [7, 11) is 0. The molecule has 2 fully saturated rings. The Morgan fingerprint density at radius 2 is 2.00 bits per heavy atom. The number of amides is 1. The number of nitrogens with zero attached hydrogens (tertiary/aromatic N) is 1. The van der Waals surface area contributed by atoms with E-state index in [1.165, 1.54) is 30.3 Å². The van der Waals surface area contributed by atoms with Crippen LogP contribution < -0.4 is 10.6 Å². The van der Waals surface area contributed by atoms with Gasteiger partial charge in [-0.25, -0.2) is 8.78 Å². The average molecular weight is 581 g/mol. The van der Waals surface area contributed by atoms with Crippen molar-refractivity contribution in [1.82, 2.24) is 10.6 Å². The zero-order valence-electron chi connectivity index (χ0n) is 21.9. The first-order valence-electron chi connectivity index (χ1n) is 13.1. The van der Waals surface area contributed by atoms with E-state index in [2.05, 4.69) is 30.6 Å². The number of hydrogen-bond donors (Lipinski definition) is 4. The Labute approximate surface area is 237 Å². The largest absolute Gasteiger partial charge is 0.394 e. The van der Waals surface area contributed by atoms with Gasteiger partial charge in [0.1, 0.15) is 17.0 Å². The molecule has 1 amide bonds. The van der Waals surface area contributed by atoms with Gasteiger partial charge in [0, 0.05) is 29.1 Å². The predicted octanol–water partition coefficient (Wildman–Crippen LogP) is 4.84. The molecule has 4 N–H and O–H groups in total. The first kappa shape index (κ1) is 29.7. The summed E-state index contributed by atoms with van der Waals surface area (Å²) in [5.74, 6) is -2.78. The van der Waals surface area contributed by atoms with Crippen LogP contribution in [0.15, 0.2) is 36.4 Å². The fourth-order valence-corrected chi connectivity index (χ4v) is 6.41. The molecule has 2 aromatic rings. The summed E-state index contributed by atoms with van der Waals surface area (Å²) in [6.45, 7) is 3.76. The third-order valence-corrected chi connectivity index (χ3v) is 8.84. The topological polar surface area (TPSA) is 105 Å². The highest BCUT2D eigenvalue weighted by Gasteiger charge is 2.62. The molecular formula is C29H33Cl2F2N3O3. The van der Waals surface area contributed by atoms with E-state index in [0.717, 1.165) is 18.9 Å². The molecular weight excluding hydrogens is 547 g/mol. The Hall–Kier alpha value is -2.28. The molecule has 4 rings (SSSR count). The lowest BCUT2D eigenvalue weighted by Gasteiger charge is -2.38. The number of rotatable bonds is 10. The molecule has 1 heterocycles. The molecule has 0 unspecified atom stereocenters. The maximum absolute atomic E-state index is 15.7. The van der Waals surface area contributed by atoms with Crippen LogP contribution in [0, 0.1) is 34.3 Å². The van der Waals surface area contributed by atoms with Crippen molar-refractivity contribution in [2.24, 2.45) is 11.3 Å². The number of benzene rings is 2. The molecule has 210 valence electrons. The molecule has 1 aliphatic carbocycles. The summed E-state index contributed by atoms with van der Waals surface area (Å²) in [5.41, 5.74) is -1.89. The Kier molecular flexibility index (Phi) is 8.89. The monoisotopic (exact) mass is 579 g/mol.